The average Bonchev–Trinajstić information content (AvgIpc) is 2.42. The van der Waals surface area contributed by atoms with E-state index in [4.69, 9.17) is 11.0 Å². The number of hydrogen-bond donors (Lipinski definition) is 1. The molecule has 0 saturated carbocycles. The van der Waals surface area contributed by atoms with Crippen molar-refractivity contribution in [3.05, 3.63) is 53.3 Å². The number of nitrogens with two attached hydrogens (primary N) is 1. The molecule has 2 N–H and O–H groups in total. The van der Waals surface area contributed by atoms with Gasteiger partial charge in [-0.15, -0.1) is 0 Å². The molecule has 1 atom stereocenters. The van der Waals surface area contributed by atoms with Crippen LogP contribution in [0, 0.1) is 18.3 Å². The van der Waals surface area contributed by atoms with Gasteiger partial charge in [0.05, 0.1) is 16.6 Å². The summed E-state index contributed by atoms with van der Waals surface area (Å²) in [4.78, 5) is 4.67. The van der Waals surface area contributed by atoms with Crippen LogP contribution in [0.5, 0.6) is 0 Å². The minimum absolute atomic E-state index is 0.265. The molecule has 0 fully saturated rings. The van der Waals surface area contributed by atoms with Crippen molar-refractivity contribution in [3.8, 4) is 6.07 Å². The molecule has 0 aliphatic heterocycles. The van der Waals surface area contributed by atoms with Crippen molar-refractivity contribution >= 4 is 16.5 Å². The summed E-state index contributed by atoms with van der Waals surface area (Å²) in [5, 5.41) is 8.97. The summed E-state index contributed by atoms with van der Waals surface area (Å²) in [6.07, 6.45) is 1.55. The number of nitrogen functional groups attached to an aromatic ring is 1. The third-order valence-electron chi connectivity index (χ3n) is 2.86. The van der Waals surface area contributed by atoms with Crippen LogP contribution in [-0.4, -0.2) is 9.19 Å². The fourth-order valence-corrected chi connectivity index (χ4v) is 3.11. The molecule has 96 valence electrons. The van der Waals surface area contributed by atoms with Crippen LogP contribution < -0.4 is 5.73 Å². The summed E-state index contributed by atoms with van der Waals surface area (Å²) in [5.74, 6) is 0.265. The van der Waals surface area contributed by atoms with Crippen LogP contribution in [-0.2, 0) is 16.6 Å². The number of nitrogens with zero attached hydrogens (tertiary/aromatic N) is 2. The standard InChI is InChI=1S/C14H13N3OS/c1-10-12(16)5-2-6-14(10)19(18)9-11-4-3-7-17-13(11)8-15/h2-7H,9,16H2,1H3. The number of rotatable bonds is 3. The van der Waals surface area contributed by atoms with Crippen molar-refractivity contribution in [3.63, 3.8) is 0 Å². The van der Waals surface area contributed by atoms with Gasteiger partial charge in [-0.3, -0.25) is 4.21 Å². The van der Waals surface area contributed by atoms with Crippen LogP contribution in [0.3, 0.4) is 0 Å². The molecule has 1 unspecified atom stereocenters. The Hall–Kier alpha value is -2.19. The molecular weight excluding hydrogens is 258 g/mol. The summed E-state index contributed by atoms with van der Waals surface area (Å²) >= 11 is 0. The van der Waals surface area contributed by atoms with Gasteiger partial charge in [-0.05, 0) is 30.7 Å². The van der Waals surface area contributed by atoms with Crippen molar-refractivity contribution in [2.24, 2.45) is 0 Å². The highest BCUT2D eigenvalue weighted by Crippen LogP contribution is 2.21. The smallest absolute Gasteiger partial charge is 0.144 e. The first-order chi connectivity index (χ1) is 9.13. The molecule has 1 aromatic heterocycles. The van der Waals surface area contributed by atoms with Gasteiger partial charge in [0.25, 0.3) is 0 Å². The molecule has 0 saturated heterocycles. The van der Waals surface area contributed by atoms with Gasteiger partial charge in [0.1, 0.15) is 11.8 Å². The van der Waals surface area contributed by atoms with Crippen molar-refractivity contribution in [1.29, 1.82) is 5.26 Å². The van der Waals surface area contributed by atoms with E-state index in [0.717, 1.165) is 5.56 Å². The molecule has 0 spiro atoms. The predicted molar refractivity (Wildman–Crippen MR) is 74.7 cm³/mol. The monoisotopic (exact) mass is 271 g/mol. The number of nitriles is 1. The Kier molecular flexibility index (Phi) is 3.93. The summed E-state index contributed by atoms with van der Waals surface area (Å²) < 4.78 is 12.4. The van der Waals surface area contributed by atoms with Crippen molar-refractivity contribution in [2.75, 3.05) is 5.73 Å². The second-order valence-electron chi connectivity index (χ2n) is 4.08. The Balaban J connectivity index is 2.32. The normalized spacial score (nSPS) is 11.8. The molecule has 19 heavy (non-hydrogen) atoms. The lowest BCUT2D eigenvalue weighted by Crippen LogP contribution is -2.03. The predicted octanol–water partition coefficient (Wildman–Crippen LogP) is 2.15. The first-order valence-electron chi connectivity index (χ1n) is 5.71. The van der Waals surface area contributed by atoms with Gasteiger partial charge in [-0.1, -0.05) is 12.1 Å². The minimum atomic E-state index is -1.24. The molecule has 5 heteroatoms. The van der Waals surface area contributed by atoms with E-state index in [2.05, 4.69) is 4.98 Å². The van der Waals surface area contributed by atoms with Crippen LogP contribution >= 0.6 is 0 Å². The summed E-state index contributed by atoms with van der Waals surface area (Å²) in [6, 6.07) is 10.9. The van der Waals surface area contributed by atoms with Crippen molar-refractivity contribution in [2.45, 2.75) is 17.6 Å². The molecule has 1 aromatic carbocycles. The average molecular weight is 271 g/mol. The van der Waals surface area contributed by atoms with E-state index in [9.17, 15) is 4.21 Å². The van der Waals surface area contributed by atoms with Crippen LogP contribution in [0.1, 0.15) is 16.8 Å². The molecule has 0 aliphatic carbocycles. The van der Waals surface area contributed by atoms with Crippen LogP contribution in [0.15, 0.2) is 41.4 Å². The SMILES string of the molecule is Cc1c(N)cccc1S(=O)Cc1cccnc1C#N. The molecule has 2 rings (SSSR count). The first-order valence-corrected chi connectivity index (χ1v) is 7.03. The van der Waals surface area contributed by atoms with Crippen molar-refractivity contribution < 1.29 is 4.21 Å². The highest BCUT2D eigenvalue weighted by Gasteiger charge is 2.12. The number of anilines is 1. The van der Waals surface area contributed by atoms with Crippen LogP contribution in [0.25, 0.3) is 0 Å². The highest BCUT2D eigenvalue weighted by atomic mass is 32.2. The van der Waals surface area contributed by atoms with Gasteiger partial charge in [0.15, 0.2) is 0 Å². The Labute approximate surface area is 114 Å². The Morgan fingerprint density at radius 1 is 1.37 bits per heavy atom. The van der Waals surface area contributed by atoms with Gasteiger partial charge in [0.2, 0.25) is 0 Å². The van der Waals surface area contributed by atoms with Crippen LogP contribution in [0.2, 0.25) is 0 Å². The number of aromatic nitrogens is 1. The van der Waals surface area contributed by atoms with E-state index >= 15 is 0 Å². The second-order valence-corrected chi connectivity index (χ2v) is 5.50. The van der Waals surface area contributed by atoms with E-state index in [1.165, 1.54) is 0 Å². The van der Waals surface area contributed by atoms with Gasteiger partial charge >= 0.3 is 0 Å². The molecule has 0 bridgehead atoms. The fraction of sp³-hybridized carbons (Fsp3) is 0.143. The lowest BCUT2D eigenvalue weighted by molar-refractivity contribution is 0.682. The maximum Gasteiger partial charge on any atom is 0.144 e. The topological polar surface area (TPSA) is 79.8 Å². The maximum absolute atomic E-state index is 12.4. The van der Waals surface area contributed by atoms with Gasteiger partial charge < -0.3 is 5.73 Å². The zero-order valence-corrected chi connectivity index (χ0v) is 11.3. The van der Waals surface area contributed by atoms with E-state index in [0.29, 0.717) is 21.8 Å². The number of benzene rings is 1. The van der Waals surface area contributed by atoms with E-state index in [1.54, 1.807) is 36.5 Å². The van der Waals surface area contributed by atoms with Gasteiger partial charge in [0, 0.05) is 22.3 Å². The zero-order valence-electron chi connectivity index (χ0n) is 10.5. The molecular formula is C14H13N3OS. The summed E-state index contributed by atoms with van der Waals surface area (Å²) in [5.41, 5.74) is 8.26. The van der Waals surface area contributed by atoms with Gasteiger partial charge in [-0.2, -0.15) is 5.26 Å². The fourth-order valence-electron chi connectivity index (χ4n) is 1.75. The van der Waals surface area contributed by atoms with E-state index in [1.807, 2.05) is 13.0 Å². The molecule has 4 nitrogen and oxygen atoms in total. The highest BCUT2D eigenvalue weighted by molar-refractivity contribution is 7.84. The first kappa shape index (κ1) is 13.2. The Bertz CT molecular complexity index is 677. The number of hydrogen-bond acceptors (Lipinski definition) is 4. The molecule has 0 amide bonds. The molecule has 0 radical (unpaired) electrons. The largest absolute Gasteiger partial charge is 0.398 e. The Morgan fingerprint density at radius 3 is 2.89 bits per heavy atom. The van der Waals surface area contributed by atoms with Gasteiger partial charge in [-0.25, -0.2) is 4.98 Å². The second kappa shape index (κ2) is 5.63. The Morgan fingerprint density at radius 2 is 2.16 bits per heavy atom. The molecule has 2 aromatic rings. The van der Waals surface area contributed by atoms with E-state index in [-0.39, 0.29) is 5.75 Å². The lowest BCUT2D eigenvalue weighted by atomic mass is 10.2. The third-order valence-corrected chi connectivity index (χ3v) is 4.36. The summed E-state index contributed by atoms with van der Waals surface area (Å²) in [7, 11) is -1.24. The quantitative estimate of drug-likeness (QED) is 0.867. The maximum atomic E-state index is 12.4. The lowest BCUT2D eigenvalue weighted by Gasteiger charge is -2.08. The molecule has 0 aliphatic rings. The van der Waals surface area contributed by atoms with Crippen molar-refractivity contribution in [1.82, 2.24) is 4.98 Å². The number of pyridine rings is 1. The van der Waals surface area contributed by atoms with Crippen LogP contribution in [0.4, 0.5) is 5.69 Å². The minimum Gasteiger partial charge on any atom is -0.398 e. The third kappa shape index (κ3) is 2.80. The summed E-state index contributed by atoms with van der Waals surface area (Å²) in [6.45, 7) is 1.84. The molecule has 1 heterocycles. The zero-order chi connectivity index (χ0) is 13.8. The van der Waals surface area contributed by atoms with E-state index < -0.39 is 10.8 Å².